The van der Waals surface area contributed by atoms with Crippen molar-refractivity contribution in [3.63, 3.8) is 0 Å². The van der Waals surface area contributed by atoms with Gasteiger partial charge >= 0.3 is 0 Å². The third kappa shape index (κ3) is 4.32. The fourth-order valence-electron chi connectivity index (χ4n) is 4.39. The summed E-state index contributed by atoms with van der Waals surface area (Å²) in [5, 5.41) is 4.61. The Balaban J connectivity index is 1.43. The summed E-state index contributed by atoms with van der Waals surface area (Å²) in [6.07, 6.45) is 8.44. The second-order valence-electron chi connectivity index (χ2n) is 8.28. The number of piperidine rings is 1. The van der Waals surface area contributed by atoms with Crippen molar-refractivity contribution in [1.29, 1.82) is 0 Å². The highest BCUT2D eigenvalue weighted by atomic mass is 16.2. The molecule has 1 aliphatic heterocycles. The van der Waals surface area contributed by atoms with Gasteiger partial charge < -0.3 is 15.2 Å². The van der Waals surface area contributed by atoms with E-state index in [1.54, 1.807) is 25.5 Å². The minimum absolute atomic E-state index is 0.145. The number of aromatic amines is 1. The SMILES string of the molecule is CC(=O)N1CCC(c2ccc(Nc3nc(-c4cncnc4)cc4cc[nH]c(=O)c34)cc2)CC1. The van der Waals surface area contributed by atoms with E-state index in [1.165, 1.54) is 11.9 Å². The standard InChI is InChI=1S/C25H24N6O2/c1-16(32)31-10-7-18(8-11-31)17-2-4-21(5-3-17)29-24-23-19(6-9-28-25(23)33)12-22(30-24)20-13-26-15-27-14-20/h2-6,9,12-15,18H,7-8,10-11H2,1H3,(H,28,33)(H,29,30). The normalized spacial score (nSPS) is 14.4. The number of likely N-dealkylation sites (tertiary alicyclic amines) is 1. The van der Waals surface area contributed by atoms with E-state index in [9.17, 15) is 9.59 Å². The molecule has 4 heterocycles. The zero-order valence-electron chi connectivity index (χ0n) is 18.3. The van der Waals surface area contributed by atoms with Crippen molar-refractivity contribution in [3.8, 4) is 11.3 Å². The number of H-pyrrole nitrogens is 1. The van der Waals surface area contributed by atoms with E-state index in [-0.39, 0.29) is 11.5 Å². The summed E-state index contributed by atoms with van der Waals surface area (Å²) in [5.41, 5.74) is 3.36. The summed E-state index contributed by atoms with van der Waals surface area (Å²) in [4.78, 5) is 41.7. The van der Waals surface area contributed by atoms with Gasteiger partial charge in [-0.15, -0.1) is 0 Å². The molecule has 2 N–H and O–H groups in total. The van der Waals surface area contributed by atoms with Crippen LogP contribution in [-0.4, -0.2) is 43.8 Å². The van der Waals surface area contributed by atoms with Gasteiger partial charge in [-0.25, -0.2) is 15.0 Å². The number of amides is 1. The lowest BCUT2D eigenvalue weighted by atomic mass is 9.89. The molecular weight excluding hydrogens is 416 g/mol. The van der Waals surface area contributed by atoms with Crippen molar-refractivity contribution in [1.82, 2.24) is 24.8 Å². The fraction of sp³-hybridized carbons (Fsp3) is 0.240. The first kappa shape index (κ1) is 20.8. The van der Waals surface area contributed by atoms with Gasteiger partial charge in [0.25, 0.3) is 5.56 Å². The van der Waals surface area contributed by atoms with Gasteiger partial charge in [-0.2, -0.15) is 0 Å². The molecular formula is C25H24N6O2. The van der Waals surface area contributed by atoms with Crippen LogP contribution in [0.4, 0.5) is 11.5 Å². The Bertz CT molecular complexity index is 1340. The number of nitrogens with one attached hydrogen (secondary N) is 2. The maximum atomic E-state index is 12.6. The minimum atomic E-state index is -0.202. The molecule has 1 aliphatic rings. The van der Waals surface area contributed by atoms with Gasteiger partial charge in [0.2, 0.25) is 5.91 Å². The molecule has 0 radical (unpaired) electrons. The lowest BCUT2D eigenvalue weighted by Crippen LogP contribution is -2.36. The Morgan fingerprint density at radius 2 is 1.82 bits per heavy atom. The Hall–Kier alpha value is -4.07. The second-order valence-corrected chi connectivity index (χ2v) is 8.28. The van der Waals surface area contributed by atoms with E-state index >= 15 is 0 Å². The Morgan fingerprint density at radius 1 is 1.09 bits per heavy atom. The summed E-state index contributed by atoms with van der Waals surface area (Å²) < 4.78 is 0. The number of rotatable bonds is 4. The Labute approximate surface area is 190 Å². The van der Waals surface area contributed by atoms with E-state index in [1.807, 2.05) is 29.2 Å². The van der Waals surface area contributed by atoms with Crippen LogP contribution in [0.25, 0.3) is 22.0 Å². The molecule has 33 heavy (non-hydrogen) atoms. The molecule has 166 valence electrons. The number of benzene rings is 1. The number of aromatic nitrogens is 4. The average Bonchev–Trinajstić information content (AvgIpc) is 2.85. The van der Waals surface area contributed by atoms with Crippen molar-refractivity contribution in [2.45, 2.75) is 25.7 Å². The summed E-state index contributed by atoms with van der Waals surface area (Å²) in [5.74, 6) is 1.07. The van der Waals surface area contributed by atoms with E-state index in [2.05, 4.69) is 32.4 Å². The van der Waals surface area contributed by atoms with Gasteiger partial charge in [-0.1, -0.05) is 12.1 Å². The monoisotopic (exact) mass is 440 g/mol. The van der Waals surface area contributed by atoms with Crippen LogP contribution in [0, 0.1) is 0 Å². The fourth-order valence-corrected chi connectivity index (χ4v) is 4.39. The van der Waals surface area contributed by atoms with Crippen LogP contribution < -0.4 is 10.9 Å². The largest absolute Gasteiger partial charge is 0.343 e. The summed E-state index contributed by atoms with van der Waals surface area (Å²) >= 11 is 0. The van der Waals surface area contributed by atoms with Crippen LogP contribution in [0.1, 0.15) is 31.2 Å². The number of anilines is 2. The topological polar surface area (TPSA) is 104 Å². The highest BCUT2D eigenvalue weighted by molar-refractivity contribution is 5.95. The molecule has 0 atom stereocenters. The molecule has 3 aromatic heterocycles. The van der Waals surface area contributed by atoms with Gasteiger partial charge in [0.05, 0.1) is 11.1 Å². The zero-order chi connectivity index (χ0) is 22.8. The third-order valence-electron chi connectivity index (χ3n) is 6.20. The van der Waals surface area contributed by atoms with Crippen molar-refractivity contribution in [3.05, 3.63) is 77.2 Å². The van der Waals surface area contributed by atoms with Crippen molar-refractivity contribution >= 4 is 28.2 Å². The van der Waals surface area contributed by atoms with Crippen LogP contribution in [-0.2, 0) is 4.79 Å². The van der Waals surface area contributed by atoms with Crippen LogP contribution in [0.2, 0.25) is 0 Å². The number of hydrogen-bond donors (Lipinski definition) is 2. The van der Waals surface area contributed by atoms with Crippen molar-refractivity contribution in [2.24, 2.45) is 0 Å². The minimum Gasteiger partial charge on any atom is -0.343 e. The molecule has 1 aromatic carbocycles. The highest BCUT2D eigenvalue weighted by Gasteiger charge is 2.22. The first-order valence-corrected chi connectivity index (χ1v) is 11.0. The maximum absolute atomic E-state index is 12.6. The summed E-state index contributed by atoms with van der Waals surface area (Å²) in [7, 11) is 0. The smallest absolute Gasteiger partial charge is 0.259 e. The molecule has 1 saturated heterocycles. The molecule has 5 rings (SSSR count). The van der Waals surface area contributed by atoms with E-state index in [4.69, 9.17) is 4.98 Å². The van der Waals surface area contributed by atoms with E-state index < -0.39 is 0 Å². The predicted molar refractivity (Wildman–Crippen MR) is 127 cm³/mol. The Kier molecular flexibility index (Phi) is 5.56. The number of nitrogens with zero attached hydrogens (tertiary/aromatic N) is 4. The number of pyridine rings is 2. The molecule has 0 aliphatic carbocycles. The zero-order valence-corrected chi connectivity index (χ0v) is 18.3. The lowest BCUT2D eigenvalue weighted by molar-refractivity contribution is -0.129. The lowest BCUT2D eigenvalue weighted by Gasteiger charge is -2.31. The van der Waals surface area contributed by atoms with Crippen LogP contribution in [0.15, 0.2) is 66.1 Å². The molecule has 8 heteroatoms. The van der Waals surface area contributed by atoms with Crippen LogP contribution in [0.3, 0.4) is 0 Å². The number of carbonyl (C=O) groups is 1. The molecule has 0 spiro atoms. The van der Waals surface area contributed by atoms with Gasteiger partial charge in [-0.3, -0.25) is 9.59 Å². The summed E-state index contributed by atoms with van der Waals surface area (Å²) in [6.45, 7) is 3.23. The van der Waals surface area contributed by atoms with Gasteiger partial charge in [0, 0.05) is 49.9 Å². The first-order valence-electron chi connectivity index (χ1n) is 11.0. The number of fused-ring (bicyclic) bond motifs is 1. The second kappa shape index (κ2) is 8.82. The molecule has 0 saturated carbocycles. The molecule has 0 bridgehead atoms. The predicted octanol–water partition coefficient (Wildman–Crippen LogP) is 3.85. The van der Waals surface area contributed by atoms with Gasteiger partial charge in [0.15, 0.2) is 0 Å². The Morgan fingerprint density at radius 3 is 2.52 bits per heavy atom. The molecule has 1 fully saturated rings. The highest BCUT2D eigenvalue weighted by Crippen LogP contribution is 2.31. The van der Waals surface area contributed by atoms with Crippen LogP contribution >= 0.6 is 0 Å². The van der Waals surface area contributed by atoms with Crippen LogP contribution in [0.5, 0.6) is 0 Å². The van der Waals surface area contributed by atoms with Gasteiger partial charge in [-0.05, 0) is 54.0 Å². The number of hydrogen-bond acceptors (Lipinski definition) is 6. The maximum Gasteiger partial charge on any atom is 0.259 e. The number of carbonyl (C=O) groups excluding carboxylic acids is 1. The quantitative estimate of drug-likeness (QED) is 0.500. The van der Waals surface area contributed by atoms with Crippen molar-refractivity contribution in [2.75, 3.05) is 18.4 Å². The molecule has 8 nitrogen and oxygen atoms in total. The van der Waals surface area contributed by atoms with E-state index in [0.29, 0.717) is 22.8 Å². The van der Waals surface area contributed by atoms with Gasteiger partial charge in [0.1, 0.15) is 12.1 Å². The molecule has 1 amide bonds. The third-order valence-corrected chi connectivity index (χ3v) is 6.20. The molecule has 0 unspecified atom stereocenters. The average molecular weight is 441 g/mol. The van der Waals surface area contributed by atoms with E-state index in [0.717, 1.165) is 42.6 Å². The summed E-state index contributed by atoms with van der Waals surface area (Å²) in [6, 6.07) is 12.0. The van der Waals surface area contributed by atoms with Crippen molar-refractivity contribution < 1.29 is 4.79 Å². The molecule has 4 aromatic rings. The first-order chi connectivity index (χ1) is 16.1.